The van der Waals surface area contributed by atoms with Crippen LogP contribution in [-0.2, 0) is 0 Å². The van der Waals surface area contributed by atoms with Gasteiger partial charge in [-0.25, -0.2) is 0 Å². The summed E-state index contributed by atoms with van der Waals surface area (Å²) < 4.78 is 0. The van der Waals surface area contributed by atoms with Crippen LogP contribution in [0.4, 0.5) is 0 Å². The molecule has 16 heavy (non-hydrogen) atoms. The van der Waals surface area contributed by atoms with Gasteiger partial charge in [0.05, 0.1) is 0 Å². The molecule has 0 fully saturated rings. The number of Topliss-reactive ketones (excluding diaryl/α,β-unsaturated/α-hetero) is 1. The monoisotopic (exact) mass is 232 g/mol. The maximum atomic E-state index is 11.9. The number of hydrogen-bond acceptors (Lipinski definition) is 1. The van der Waals surface area contributed by atoms with E-state index >= 15 is 0 Å². The Balaban J connectivity index is 2.63. The van der Waals surface area contributed by atoms with Crippen LogP contribution in [0.2, 0.25) is 5.02 Å². The molecule has 0 aliphatic heterocycles. The van der Waals surface area contributed by atoms with E-state index in [9.17, 15) is 4.79 Å². The van der Waals surface area contributed by atoms with E-state index in [1.807, 2.05) is 37.3 Å². The van der Waals surface area contributed by atoms with Crippen molar-refractivity contribution in [3.63, 3.8) is 0 Å². The summed E-state index contributed by atoms with van der Waals surface area (Å²) in [6.45, 7) is 2.01. The molecule has 0 heterocycles. The molecule has 2 heteroatoms. The number of rotatable bonds is 3. The molecule has 0 aliphatic rings. The molecule has 0 saturated heterocycles. The smallest absolute Gasteiger partial charge is 0.163 e. The van der Waals surface area contributed by atoms with Crippen LogP contribution in [-0.4, -0.2) is 5.78 Å². The molecule has 1 nitrogen and oxygen atoms in total. The Hall–Kier alpha value is -1.34. The first-order valence-electron chi connectivity index (χ1n) is 5.44. The molecule has 82 valence electrons. The van der Waals surface area contributed by atoms with Gasteiger partial charge in [0.2, 0.25) is 0 Å². The lowest BCUT2D eigenvalue weighted by molar-refractivity contribution is 0.0983. The highest BCUT2D eigenvalue weighted by molar-refractivity contribution is 6.36. The second-order valence-corrected chi connectivity index (χ2v) is 4.22. The van der Waals surface area contributed by atoms with Crippen molar-refractivity contribution in [1.29, 1.82) is 0 Å². The zero-order valence-electron chi connectivity index (χ0n) is 9.16. The molecule has 0 bridgehead atoms. The minimum absolute atomic E-state index is 0.190. The van der Waals surface area contributed by atoms with Gasteiger partial charge in [0.15, 0.2) is 5.78 Å². The largest absolute Gasteiger partial charge is 0.294 e. The minimum atomic E-state index is 0.190. The Morgan fingerprint density at radius 3 is 2.50 bits per heavy atom. The van der Waals surface area contributed by atoms with E-state index < -0.39 is 0 Å². The molecule has 0 saturated carbocycles. The average Bonchev–Trinajstić information content (AvgIpc) is 2.30. The second kappa shape index (κ2) is 4.67. The summed E-state index contributed by atoms with van der Waals surface area (Å²) >= 11 is 6.10. The second-order valence-electron chi connectivity index (χ2n) is 3.81. The summed E-state index contributed by atoms with van der Waals surface area (Å²) in [5.74, 6) is 0.190. The van der Waals surface area contributed by atoms with Crippen molar-refractivity contribution in [2.45, 2.75) is 19.8 Å². The molecule has 2 rings (SSSR count). The summed E-state index contributed by atoms with van der Waals surface area (Å²) in [5.41, 5.74) is 0.779. The SMILES string of the molecule is CCCC(=O)c1ccc(Cl)c2ccccc12. The summed E-state index contributed by atoms with van der Waals surface area (Å²) in [5, 5.41) is 2.60. The first kappa shape index (κ1) is 11.2. The first-order valence-corrected chi connectivity index (χ1v) is 5.82. The third-order valence-electron chi connectivity index (χ3n) is 2.65. The summed E-state index contributed by atoms with van der Waals surface area (Å²) in [4.78, 5) is 11.9. The van der Waals surface area contributed by atoms with E-state index in [1.54, 1.807) is 6.07 Å². The van der Waals surface area contributed by atoms with Crippen molar-refractivity contribution >= 4 is 28.2 Å². The lowest BCUT2D eigenvalue weighted by atomic mass is 9.99. The van der Waals surface area contributed by atoms with Crippen LogP contribution in [0.1, 0.15) is 30.1 Å². The van der Waals surface area contributed by atoms with Crippen molar-refractivity contribution in [3.8, 4) is 0 Å². The number of carbonyl (C=O) groups excluding carboxylic acids is 1. The Morgan fingerprint density at radius 1 is 1.12 bits per heavy atom. The number of benzene rings is 2. The number of fused-ring (bicyclic) bond motifs is 1. The van der Waals surface area contributed by atoms with Gasteiger partial charge in [0, 0.05) is 22.4 Å². The highest BCUT2D eigenvalue weighted by Gasteiger charge is 2.10. The number of halogens is 1. The topological polar surface area (TPSA) is 17.1 Å². The van der Waals surface area contributed by atoms with Gasteiger partial charge in [-0.3, -0.25) is 4.79 Å². The van der Waals surface area contributed by atoms with Crippen LogP contribution in [0.3, 0.4) is 0 Å². The van der Waals surface area contributed by atoms with Crippen molar-refractivity contribution in [2.75, 3.05) is 0 Å². The molecule has 0 radical (unpaired) electrons. The van der Waals surface area contributed by atoms with E-state index in [-0.39, 0.29) is 5.78 Å². The Labute approximate surface area is 100 Å². The van der Waals surface area contributed by atoms with Crippen LogP contribution < -0.4 is 0 Å². The van der Waals surface area contributed by atoms with Crippen molar-refractivity contribution < 1.29 is 4.79 Å². The fourth-order valence-corrected chi connectivity index (χ4v) is 2.09. The molecule has 0 unspecified atom stereocenters. The van der Waals surface area contributed by atoms with E-state index in [0.717, 1.165) is 22.8 Å². The molecule has 2 aromatic rings. The Kier molecular flexibility index (Phi) is 3.25. The molecule has 0 atom stereocenters. The predicted octanol–water partition coefficient (Wildman–Crippen LogP) is 4.48. The molecule has 0 spiro atoms. The van der Waals surface area contributed by atoms with Gasteiger partial charge < -0.3 is 0 Å². The number of carbonyl (C=O) groups is 1. The van der Waals surface area contributed by atoms with Gasteiger partial charge in [-0.05, 0) is 23.9 Å². The molecule has 0 aromatic heterocycles. The standard InChI is InChI=1S/C14H13ClO/c1-2-5-14(16)12-8-9-13(15)11-7-4-3-6-10(11)12/h3-4,6-9H,2,5H2,1H3. The van der Waals surface area contributed by atoms with E-state index in [4.69, 9.17) is 11.6 Å². The highest BCUT2D eigenvalue weighted by atomic mass is 35.5. The third kappa shape index (κ3) is 1.96. The number of hydrogen-bond donors (Lipinski definition) is 0. The summed E-state index contributed by atoms with van der Waals surface area (Å²) in [7, 11) is 0. The molecule has 0 amide bonds. The molecular weight excluding hydrogens is 220 g/mol. The first-order chi connectivity index (χ1) is 7.74. The quantitative estimate of drug-likeness (QED) is 0.714. The van der Waals surface area contributed by atoms with Gasteiger partial charge in [-0.1, -0.05) is 42.8 Å². The molecule has 2 aromatic carbocycles. The van der Waals surface area contributed by atoms with Crippen LogP contribution in [0.25, 0.3) is 10.8 Å². The molecule has 0 N–H and O–H groups in total. The summed E-state index contributed by atoms with van der Waals surface area (Å²) in [6, 6.07) is 11.4. The lowest BCUT2D eigenvalue weighted by Gasteiger charge is -2.06. The van der Waals surface area contributed by atoms with E-state index in [1.165, 1.54) is 0 Å². The van der Waals surface area contributed by atoms with E-state index in [2.05, 4.69) is 0 Å². The molecular formula is C14H13ClO. The van der Waals surface area contributed by atoms with Crippen LogP contribution in [0.5, 0.6) is 0 Å². The van der Waals surface area contributed by atoms with Gasteiger partial charge >= 0.3 is 0 Å². The zero-order chi connectivity index (χ0) is 11.5. The number of ketones is 1. The van der Waals surface area contributed by atoms with Gasteiger partial charge in [-0.15, -0.1) is 0 Å². The van der Waals surface area contributed by atoms with Crippen molar-refractivity contribution in [2.24, 2.45) is 0 Å². The van der Waals surface area contributed by atoms with E-state index in [0.29, 0.717) is 11.4 Å². The highest BCUT2D eigenvalue weighted by Crippen LogP contribution is 2.27. The predicted molar refractivity (Wildman–Crippen MR) is 68.2 cm³/mol. The van der Waals surface area contributed by atoms with Gasteiger partial charge in [0.25, 0.3) is 0 Å². The van der Waals surface area contributed by atoms with Crippen molar-refractivity contribution in [1.82, 2.24) is 0 Å². The summed E-state index contributed by atoms with van der Waals surface area (Å²) in [6.07, 6.45) is 1.46. The average molecular weight is 233 g/mol. The molecule has 0 aliphatic carbocycles. The fraction of sp³-hybridized carbons (Fsp3) is 0.214. The normalized spacial score (nSPS) is 10.6. The maximum Gasteiger partial charge on any atom is 0.163 e. The fourth-order valence-electron chi connectivity index (χ4n) is 1.87. The minimum Gasteiger partial charge on any atom is -0.294 e. The lowest BCUT2D eigenvalue weighted by Crippen LogP contribution is -1.99. The zero-order valence-corrected chi connectivity index (χ0v) is 9.92. The van der Waals surface area contributed by atoms with Crippen LogP contribution in [0.15, 0.2) is 36.4 Å². The maximum absolute atomic E-state index is 11.9. The Morgan fingerprint density at radius 2 is 1.81 bits per heavy atom. The van der Waals surface area contributed by atoms with Crippen LogP contribution in [0, 0.1) is 0 Å². The van der Waals surface area contributed by atoms with Gasteiger partial charge in [0.1, 0.15) is 0 Å². The van der Waals surface area contributed by atoms with Crippen LogP contribution >= 0.6 is 11.6 Å². The van der Waals surface area contributed by atoms with Gasteiger partial charge in [-0.2, -0.15) is 0 Å². The van der Waals surface area contributed by atoms with Crippen molar-refractivity contribution in [3.05, 3.63) is 47.0 Å². The third-order valence-corrected chi connectivity index (χ3v) is 2.98. The Bertz CT molecular complexity index is 531.